The lowest BCUT2D eigenvalue weighted by Crippen LogP contribution is -2.39. The maximum absolute atomic E-state index is 12.3. The van der Waals surface area contributed by atoms with Crippen molar-refractivity contribution in [2.45, 2.75) is 32.2 Å². The Morgan fingerprint density at radius 1 is 1.45 bits per heavy atom. The fourth-order valence-corrected chi connectivity index (χ4v) is 2.72. The Kier molecular flexibility index (Phi) is 4.30. The summed E-state index contributed by atoms with van der Waals surface area (Å²) in [6.07, 6.45) is 2.41. The van der Waals surface area contributed by atoms with Gasteiger partial charge in [-0.2, -0.15) is 0 Å². The maximum Gasteiger partial charge on any atom is 0.310 e. The van der Waals surface area contributed by atoms with Gasteiger partial charge in [0.15, 0.2) is 0 Å². The van der Waals surface area contributed by atoms with Crippen LogP contribution in [0.5, 0.6) is 0 Å². The van der Waals surface area contributed by atoms with Gasteiger partial charge in [0.1, 0.15) is 0 Å². The largest absolute Gasteiger partial charge is 0.469 e. The zero-order valence-corrected chi connectivity index (χ0v) is 12.3. The summed E-state index contributed by atoms with van der Waals surface area (Å²) < 4.78 is 4.65. The molecule has 1 aliphatic heterocycles. The van der Waals surface area contributed by atoms with Crippen molar-refractivity contribution in [2.24, 2.45) is 11.8 Å². The first-order valence-electron chi connectivity index (χ1n) is 7.06. The molecule has 6 nitrogen and oxygen atoms in total. The Labute approximate surface area is 119 Å². The number of amides is 2. The van der Waals surface area contributed by atoms with E-state index >= 15 is 0 Å². The van der Waals surface area contributed by atoms with Crippen molar-refractivity contribution >= 4 is 17.8 Å². The van der Waals surface area contributed by atoms with Crippen LogP contribution in [0.1, 0.15) is 26.2 Å². The first-order chi connectivity index (χ1) is 9.43. The Morgan fingerprint density at radius 3 is 2.65 bits per heavy atom. The molecule has 112 valence electrons. The molecule has 0 spiro atoms. The highest BCUT2D eigenvalue weighted by atomic mass is 16.5. The van der Waals surface area contributed by atoms with Crippen LogP contribution in [0.2, 0.25) is 0 Å². The summed E-state index contributed by atoms with van der Waals surface area (Å²) in [7, 11) is 3.01. The standard InChI is InChI=1S/C14H22N2O4/c1-9(14(19)20-3)7-15(2)13(18)10-6-12(17)16(8-10)11-4-5-11/h9-11H,4-8H2,1-3H3. The van der Waals surface area contributed by atoms with Gasteiger partial charge < -0.3 is 14.5 Å². The van der Waals surface area contributed by atoms with Gasteiger partial charge in [0.25, 0.3) is 0 Å². The third kappa shape index (κ3) is 3.11. The molecule has 0 aromatic heterocycles. The lowest BCUT2D eigenvalue weighted by atomic mass is 10.1. The van der Waals surface area contributed by atoms with Crippen molar-refractivity contribution in [3.05, 3.63) is 0 Å². The summed E-state index contributed by atoms with van der Waals surface area (Å²) in [6.45, 7) is 2.57. The number of nitrogens with zero attached hydrogens (tertiary/aromatic N) is 2. The number of likely N-dealkylation sites (tertiary alicyclic amines) is 1. The number of hydrogen-bond acceptors (Lipinski definition) is 4. The van der Waals surface area contributed by atoms with E-state index in [1.165, 1.54) is 12.0 Å². The Hall–Kier alpha value is -1.59. The first-order valence-corrected chi connectivity index (χ1v) is 7.06. The van der Waals surface area contributed by atoms with Crippen LogP contribution in [0, 0.1) is 11.8 Å². The third-order valence-corrected chi connectivity index (χ3v) is 4.02. The van der Waals surface area contributed by atoms with Gasteiger partial charge in [-0.15, -0.1) is 0 Å². The molecule has 2 atom stereocenters. The molecule has 0 aromatic carbocycles. The monoisotopic (exact) mass is 282 g/mol. The summed E-state index contributed by atoms with van der Waals surface area (Å²) in [5, 5.41) is 0. The summed E-state index contributed by atoms with van der Waals surface area (Å²) >= 11 is 0. The summed E-state index contributed by atoms with van der Waals surface area (Å²) in [5.41, 5.74) is 0. The van der Waals surface area contributed by atoms with E-state index in [0.29, 0.717) is 25.6 Å². The van der Waals surface area contributed by atoms with Gasteiger partial charge in [-0.25, -0.2) is 0 Å². The van der Waals surface area contributed by atoms with Crippen LogP contribution in [-0.4, -0.2) is 60.9 Å². The van der Waals surface area contributed by atoms with Gasteiger partial charge in [-0.3, -0.25) is 14.4 Å². The predicted molar refractivity (Wildman–Crippen MR) is 71.7 cm³/mol. The lowest BCUT2D eigenvalue weighted by molar-refractivity contribution is -0.146. The number of rotatable bonds is 5. The number of hydrogen-bond donors (Lipinski definition) is 0. The molecule has 0 aromatic rings. The Morgan fingerprint density at radius 2 is 2.10 bits per heavy atom. The molecule has 2 amide bonds. The van der Waals surface area contributed by atoms with Crippen LogP contribution in [0.3, 0.4) is 0 Å². The molecule has 6 heteroatoms. The van der Waals surface area contributed by atoms with E-state index < -0.39 is 0 Å². The molecule has 0 radical (unpaired) electrons. The first kappa shape index (κ1) is 14.8. The highest BCUT2D eigenvalue weighted by Crippen LogP contribution is 2.33. The fourth-order valence-electron chi connectivity index (χ4n) is 2.72. The van der Waals surface area contributed by atoms with E-state index in [9.17, 15) is 14.4 Å². The van der Waals surface area contributed by atoms with Crippen LogP contribution in [0.4, 0.5) is 0 Å². The van der Waals surface area contributed by atoms with Crippen LogP contribution >= 0.6 is 0 Å². The molecule has 1 saturated carbocycles. The zero-order valence-electron chi connectivity index (χ0n) is 12.3. The predicted octanol–water partition coefficient (Wildman–Crippen LogP) is 0.265. The second-order valence-electron chi connectivity index (χ2n) is 5.82. The molecule has 1 saturated heterocycles. The smallest absolute Gasteiger partial charge is 0.310 e. The van der Waals surface area contributed by atoms with Crippen molar-refractivity contribution in [3.63, 3.8) is 0 Å². The molecule has 20 heavy (non-hydrogen) atoms. The molecule has 2 rings (SSSR count). The van der Waals surface area contributed by atoms with Gasteiger partial charge in [0.05, 0.1) is 18.9 Å². The molecule has 2 unspecified atom stereocenters. The third-order valence-electron chi connectivity index (χ3n) is 4.02. The van der Waals surface area contributed by atoms with E-state index in [2.05, 4.69) is 4.74 Å². The van der Waals surface area contributed by atoms with E-state index in [0.717, 1.165) is 12.8 Å². The normalized spacial score (nSPS) is 23.6. The molecule has 0 bridgehead atoms. The van der Waals surface area contributed by atoms with E-state index in [-0.39, 0.29) is 29.6 Å². The van der Waals surface area contributed by atoms with Crippen molar-refractivity contribution < 1.29 is 19.1 Å². The summed E-state index contributed by atoms with van der Waals surface area (Å²) in [5.74, 6) is -0.923. The van der Waals surface area contributed by atoms with Gasteiger partial charge in [-0.1, -0.05) is 6.92 Å². The van der Waals surface area contributed by atoms with Crippen LogP contribution < -0.4 is 0 Å². The van der Waals surface area contributed by atoms with Crippen LogP contribution in [0.15, 0.2) is 0 Å². The summed E-state index contributed by atoms with van der Waals surface area (Å²) in [6, 6.07) is 0.361. The molecular formula is C14H22N2O4. The molecular weight excluding hydrogens is 260 g/mol. The highest BCUT2D eigenvalue weighted by molar-refractivity contribution is 5.89. The van der Waals surface area contributed by atoms with E-state index in [1.54, 1.807) is 14.0 Å². The van der Waals surface area contributed by atoms with E-state index in [4.69, 9.17) is 0 Å². The molecule has 2 fully saturated rings. The summed E-state index contributed by atoms with van der Waals surface area (Å²) in [4.78, 5) is 38.9. The van der Waals surface area contributed by atoms with Crippen LogP contribution in [-0.2, 0) is 19.1 Å². The van der Waals surface area contributed by atoms with Gasteiger partial charge in [0, 0.05) is 32.6 Å². The topological polar surface area (TPSA) is 66.9 Å². The number of carbonyl (C=O) groups excluding carboxylic acids is 3. The van der Waals surface area contributed by atoms with Crippen molar-refractivity contribution in [2.75, 3.05) is 27.2 Å². The fraction of sp³-hybridized carbons (Fsp3) is 0.786. The Balaban J connectivity index is 1.87. The highest BCUT2D eigenvalue weighted by Gasteiger charge is 2.42. The van der Waals surface area contributed by atoms with E-state index in [1.807, 2.05) is 4.90 Å². The minimum atomic E-state index is -0.356. The second-order valence-corrected chi connectivity index (χ2v) is 5.82. The number of carbonyl (C=O) groups is 3. The van der Waals surface area contributed by atoms with Crippen molar-refractivity contribution in [1.82, 2.24) is 9.80 Å². The van der Waals surface area contributed by atoms with Gasteiger partial charge in [-0.05, 0) is 12.8 Å². The molecule has 1 heterocycles. The van der Waals surface area contributed by atoms with Crippen molar-refractivity contribution in [1.29, 1.82) is 0 Å². The number of ether oxygens (including phenoxy) is 1. The second kappa shape index (κ2) is 5.81. The number of esters is 1. The minimum absolute atomic E-state index is 0.0581. The molecule has 0 N–H and O–H groups in total. The maximum atomic E-state index is 12.3. The van der Waals surface area contributed by atoms with Crippen LogP contribution in [0.25, 0.3) is 0 Å². The molecule has 1 aliphatic carbocycles. The Bertz CT molecular complexity index is 419. The number of methoxy groups -OCH3 is 1. The van der Waals surface area contributed by atoms with Gasteiger partial charge >= 0.3 is 5.97 Å². The SMILES string of the molecule is COC(=O)C(C)CN(C)C(=O)C1CC(=O)N(C2CC2)C1. The lowest BCUT2D eigenvalue weighted by Gasteiger charge is -2.23. The average Bonchev–Trinajstić information content (AvgIpc) is 3.19. The van der Waals surface area contributed by atoms with Gasteiger partial charge in [0.2, 0.25) is 11.8 Å². The minimum Gasteiger partial charge on any atom is -0.469 e. The van der Waals surface area contributed by atoms with Crippen molar-refractivity contribution in [3.8, 4) is 0 Å². The molecule has 2 aliphatic rings. The quantitative estimate of drug-likeness (QED) is 0.679. The average molecular weight is 282 g/mol. The zero-order chi connectivity index (χ0) is 14.9.